The van der Waals surface area contributed by atoms with Crippen molar-refractivity contribution < 1.29 is 24.2 Å². The quantitative estimate of drug-likeness (QED) is 0.466. The largest absolute Gasteiger partial charge is 0.504 e. The van der Waals surface area contributed by atoms with Crippen molar-refractivity contribution in [3.8, 4) is 17.2 Å². The molecule has 0 aliphatic carbocycles. The molecular formula is C21H25N3O5. The van der Waals surface area contributed by atoms with Crippen LogP contribution in [-0.2, 0) is 4.79 Å². The molecule has 29 heavy (non-hydrogen) atoms. The van der Waals surface area contributed by atoms with Gasteiger partial charge in [0.15, 0.2) is 11.5 Å². The van der Waals surface area contributed by atoms with E-state index in [2.05, 4.69) is 15.8 Å². The Morgan fingerprint density at radius 3 is 2.34 bits per heavy atom. The first-order valence-electron chi connectivity index (χ1n) is 9.00. The molecule has 1 atom stereocenters. The number of hydrogen-bond acceptors (Lipinski definition) is 6. The SMILES string of the molecule is COc1ccc(C(=O)NC(C(=O)N/N=C/c2ccc(O)c(OC)c2)C(C)C)cc1. The number of phenols is 1. The van der Waals surface area contributed by atoms with Crippen LogP contribution in [0.5, 0.6) is 17.2 Å². The molecule has 3 N–H and O–H groups in total. The van der Waals surface area contributed by atoms with Crippen LogP contribution in [0.2, 0.25) is 0 Å². The van der Waals surface area contributed by atoms with E-state index in [4.69, 9.17) is 9.47 Å². The third-order valence-electron chi connectivity index (χ3n) is 4.18. The fourth-order valence-electron chi connectivity index (χ4n) is 2.52. The van der Waals surface area contributed by atoms with E-state index >= 15 is 0 Å². The van der Waals surface area contributed by atoms with Crippen LogP contribution >= 0.6 is 0 Å². The first-order chi connectivity index (χ1) is 13.8. The van der Waals surface area contributed by atoms with E-state index in [0.717, 1.165) is 0 Å². The minimum Gasteiger partial charge on any atom is -0.504 e. The van der Waals surface area contributed by atoms with E-state index in [1.807, 2.05) is 13.8 Å². The van der Waals surface area contributed by atoms with Gasteiger partial charge in [-0.1, -0.05) is 13.8 Å². The van der Waals surface area contributed by atoms with Gasteiger partial charge in [-0.25, -0.2) is 5.43 Å². The van der Waals surface area contributed by atoms with Crippen molar-refractivity contribution in [2.45, 2.75) is 19.9 Å². The van der Waals surface area contributed by atoms with Crippen LogP contribution in [0.3, 0.4) is 0 Å². The maximum absolute atomic E-state index is 12.5. The highest BCUT2D eigenvalue weighted by molar-refractivity contribution is 5.97. The molecule has 1 unspecified atom stereocenters. The van der Waals surface area contributed by atoms with Crippen LogP contribution in [0.1, 0.15) is 29.8 Å². The van der Waals surface area contributed by atoms with E-state index in [-0.39, 0.29) is 17.6 Å². The second kappa shape index (κ2) is 10.1. The molecular weight excluding hydrogens is 374 g/mol. The number of benzene rings is 2. The molecule has 0 bridgehead atoms. The zero-order chi connectivity index (χ0) is 21.4. The average Bonchev–Trinajstić information content (AvgIpc) is 2.72. The number of aromatic hydroxyl groups is 1. The Balaban J connectivity index is 2.02. The topological polar surface area (TPSA) is 109 Å². The van der Waals surface area contributed by atoms with Gasteiger partial charge in [0.2, 0.25) is 0 Å². The Morgan fingerprint density at radius 2 is 1.76 bits per heavy atom. The highest BCUT2D eigenvalue weighted by atomic mass is 16.5. The van der Waals surface area contributed by atoms with E-state index < -0.39 is 11.9 Å². The summed E-state index contributed by atoms with van der Waals surface area (Å²) in [5.41, 5.74) is 3.48. The van der Waals surface area contributed by atoms with Crippen LogP contribution < -0.4 is 20.2 Å². The molecule has 0 heterocycles. The van der Waals surface area contributed by atoms with Gasteiger partial charge >= 0.3 is 0 Å². The van der Waals surface area contributed by atoms with Crippen LogP contribution in [0.4, 0.5) is 0 Å². The molecule has 2 rings (SSSR count). The molecule has 0 aliphatic rings. The minimum absolute atomic E-state index is 0.00908. The summed E-state index contributed by atoms with van der Waals surface area (Å²) in [6.07, 6.45) is 1.42. The maximum atomic E-state index is 12.5. The molecule has 8 heteroatoms. The number of phenolic OH excluding ortho intramolecular Hbond substituents is 1. The molecule has 154 valence electrons. The van der Waals surface area contributed by atoms with Gasteiger partial charge in [0, 0.05) is 5.56 Å². The van der Waals surface area contributed by atoms with E-state index in [9.17, 15) is 14.7 Å². The number of carbonyl (C=O) groups excluding carboxylic acids is 2. The van der Waals surface area contributed by atoms with Crippen molar-refractivity contribution in [1.82, 2.24) is 10.7 Å². The zero-order valence-electron chi connectivity index (χ0n) is 16.8. The molecule has 8 nitrogen and oxygen atoms in total. The Labute approximate surface area is 169 Å². The normalized spacial score (nSPS) is 11.9. The van der Waals surface area contributed by atoms with Crippen molar-refractivity contribution in [1.29, 1.82) is 0 Å². The van der Waals surface area contributed by atoms with Gasteiger partial charge in [0.25, 0.3) is 11.8 Å². The lowest BCUT2D eigenvalue weighted by molar-refractivity contribution is -0.123. The number of nitrogens with zero attached hydrogens (tertiary/aromatic N) is 1. The van der Waals surface area contributed by atoms with Crippen molar-refractivity contribution in [3.05, 3.63) is 53.6 Å². The number of rotatable bonds is 8. The third-order valence-corrected chi connectivity index (χ3v) is 4.18. The summed E-state index contributed by atoms with van der Waals surface area (Å²) in [5.74, 6) is -0.0134. The van der Waals surface area contributed by atoms with Gasteiger partial charge in [-0.3, -0.25) is 9.59 Å². The fraction of sp³-hybridized carbons (Fsp3) is 0.286. The monoisotopic (exact) mass is 399 g/mol. The molecule has 0 saturated carbocycles. The standard InChI is InChI=1S/C21H25N3O5/c1-13(2)19(23-20(26)15-6-8-16(28-3)9-7-15)21(27)24-22-12-14-5-10-17(25)18(11-14)29-4/h5-13,19,25H,1-4H3,(H,23,26)(H,24,27)/b22-12+. The summed E-state index contributed by atoms with van der Waals surface area (Å²) >= 11 is 0. The number of hydrogen-bond donors (Lipinski definition) is 3. The van der Waals surface area contributed by atoms with Gasteiger partial charge in [0.1, 0.15) is 11.8 Å². The molecule has 2 aromatic rings. The summed E-state index contributed by atoms with van der Waals surface area (Å²) in [4.78, 5) is 24.9. The van der Waals surface area contributed by atoms with Crippen molar-refractivity contribution in [3.63, 3.8) is 0 Å². The molecule has 0 radical (unpaired) electrons. The van der Waals surface area contributed by atoms with Gasteiger partial charge in [-0.2, -0.15) is 5.10 Å². The van der Waals surface area contributed by atoms with Crippen LogP contribution in [0.15, 0.2) is 47.6 Å². The Kier molecular flexibility index (Phi) is 7.59. The van der Waals surface area contributed by atoms with Gasteiger partial charge in [-0.05, 0) is 53.9 Å². The second-order valence-electron chi connectivity index (χ2n) is 6.59. The van der Waals surface area contributed by atoms with Crippen LogP contribution in [0, 0.1) is 5.92 Å². The van der Waals surface area contributed by atoms with E-state index in [0.29, 0.717) is 22.6 Å². The number of carbonyl (C=O) groups is 2. The summed E-state index contributed by atoms with van der Waals surface area (Å²) in [6, 6.07) is 10.5. The van der Waals surface area contributed by atoms with Crippen molar-refractivity contribution >= 4 is 18.0 Å². The smallest absolute Gasteiger partial charge is 0.262 e. The fourth-order valence-corrected chi connectivity index (χ4v) is 2.52. The molecule has 0 aromatic heterocycles. The summed E-state index contributed by atoms with van der Waals surface area (Å²) in [7, 11) is 2.99. The van der Waals surface area contributed by atoms with Crippen LogP contribution in [-0.4, -0.2) is 43.4 Å². The predicted octanol–water partition coefficient (Wildman–Crippen LogP) is 2.31. The van der Waals surface area contributed by atoms with E-state index in [1.54, 1.807) is 43.5 Å². The lowest BCUT2D eigenvalue weighted by atomic mass is 10.0. The second-order valence-corrected chi connectivity index (χ2v) is 6.59. The lowest BCUT2D eigenvalue weighted by Gasteiger charge is -2.20. The molecule has 2 aromatic carbocycles. The van der Waals surface area contributed by atoms with Crippen molar-refractivity contribution in [2.24, 2.45) is 11.0 Å². The third kappa shape index (κ3) is 5.97. The zero-order valence-corrected chi connectivity index (χ0v) is 16.8. The Hall–Kier alpha value is -3.55. The number of methoxy groups -OCH3 is 2. The van der Waals surface area contributed by atoms with E-state index in [1.165, 1.54) is 19.4 Å². The molecule has 0 spiro atoms. The Morgan fingerprint density at radius 1 is 1.07 bits per heavy atom. The Bertz CT molecular complexity index is 878. The summed E-state index contributed by atoms with van der Waals surface area (Å²) < 4.78 is 10.1. The van der Waals surface area contributed by atoms with Crippen LogP contribution in [0.25, 0.3) is 0 Å². The molecule has 2 amide bonds. The average molecular weight is 399 g/mol. The highest BCUT2D eigenvalue weighted by Crippen LogP contribution is 2.25. The molecule has 0 aliphatic heterocycles. The first-order valence-corrected chi connectivity index (χ1v) is 9.00. The number of ether oxygens (including phenoxy) is 2. The lowest BCUT2D eigenvalue weighted by Crippen LogP contribution is -2.48. The number of amides is 2. The van der Waals surface area contributed by atoms with Gasteiger partial charge in [0.05, 0.1) is 20.4 Å². The summed E-state index contributed by atoms with van der Waals surface area (Å²) in [6.45, 7) is 3.65. The van der Waals surface area contributed by atoms with Gasteiger partial charge in [-0.15, -0.1) is 0 Å². The highest BCUT2D eigenvalue weighted by Gasteiger charge is 2.24. The van der Waals surface area contributed by atoms with Gasteiger partial charge < -0.3 is 19.9 Å². The number of nitrogens with one attached hydrogen (secondary N) is 2. The molecule has 0 fully saturated rings. The number of hydrazone groups is 1. The predicted molar refractivity (Wildman–Crippen MR) is 109 cm³/mol. The summed E-state index contributed by atoms with van der Waals surface area (Å²) in [5, 5.41) is 16.3. The van der Waals surface area contributed by atoms with Crippen molar-refractivity contribution in [2.75, 3.05) is 14.2 Å². The maximum Gasteiger partial charge on any atom is 0.262 e. The first kappa shape index (κ1) is 21.7. The molecule has 0 saturated heterocycles. The minimum atomic E-state index is -0.767.